The monoisotopic (exact) mass is 337 g/mol. The van der Waals surface area contributed by atoms with Crippen molar-refractivity contribution in [1.82, 2.24) is 24.9 Å². The van der Waals surface area contributed by atoms with Gasteiger partial charge in [-0.3, -0.25) is 9.88 Å². The van der Waals surface area contributed by atoms with Crippen LogP contribution >= 0.6 is 0 Å². The average molecular weight is 337 g/mol. The normalized spacial score (nSPS) is 18.5. The molecular weight excluding hydrogens is 318 g/mol. The number of hydrogen-bond donors (Lipinski definition) is 1. The second-order valence-corrected chi connectivity index (χ2v) is 6.41. The number of para-hydroxylation sites is 1. The molecule has 7 heteroatoms. The number of benzene rings is 1. The molecule has 1 unspecified atom stereocenters. The SMILES string of the molecule is O=C(O)c1cn(C2CCCN(Cc3cccc4cccnc34)C2)nn1. The highest BCUT2D eigenvalue weighted by Crippen LogP contribution is 2.24. The smallest absolute Gasteiger partial charge is 0.358 e. The van der Waals surface area contributed by atoms with E-state index >= 15 is 0 Å². The maximum absolute atomic E-state index is 11.0. The highest BCUT2D eigenvalue weighted by Gasteiger charge is 2.23. The summed E-state index contributed by atoms with van der Waals surface area (Å²) in [5, 5.41) is 17.9. The van der Waals surface area contributed by atoms with Crippen molar-refractivity contribution in [1.29, 1.82) is 0 Å². The molecule has 128 valence electrons. The summed E-state index contributed by atoms with van der Waals surface area (Å²) in [6.45, 7) is 2.66. The molecule has 1 N–H and O–H groups in total. The predicted molar refractivity (Wildman–Crippen MR) is 92.3 cm³/mol. The van der Waals surface area contributed by atoms with Gasteiger partial charge < -0.3 is 5.11 Å². The highest BCUT2D eigenvalue weighted by atomic mass is 16.4. The van der Waals surface area contributed by atoms with Crippen LogP contribution in [0.4, 0.5) is 0 Å². The number of carbonyl (C=O) groups is 1. The second kappa shape index (κ2) is 6.60. The van der Waals surface area contributed by atoms with Gasteiger partial charge in [-0.25, -0.2) is 9.48 Å². The molecule has 1 saturated heterocycles. The summed E-state index contributed by atoms with van der Waals surface area (Å²) < 4.78 is 1.69. The molecule has 0 amide bonds. The number of aromatic carboxylic acids is 1. The molecule has 1 aliphatic heterocycles. The van der Waals surface area contributed by atoms with E-state index < -0.39 is 5.97 Å². The van der Waals surface area contributed by atoms with Crippen LogP contribution in [0.5, 0.6) is 0 Å². The zero-order valence-corrected chi connectivity index (χ0v) is 13.7. The molecule has 4 rings (SSSR count). The average Bonchev–Trinajstić information content (AvgIpc) is 3.13. The van der Waals surface area contributed by atoms with Crippen LogP contribution in [-0.4, -0.2) is 49.0 Å². The fraction of sp³-hybridized carbons (Fsp3) is 0.333. The van der Waals surface area contributed by atoms with Crippen molar-refractivity contribution in [2.24, 2.45) is 0 Å². The zero-order chi connectivity index (χ0) is 17.2. The molecule has 0 bridgehead atoms. The summed E-state index contributed by atoms with van der Waals surface area (Å²) in [5.41, 5.74) is 2.25. The van der Waals surface area contributed by atoms with Crippen LogP contribution in [0.3, 0.4) is 0 Å². The lowest BCUT2D eigenvalue weighted by atomic mass is 10.0. The molecule has 1 atom stereocenters. The van der Waals surface area contributed by atoms with Crippen LogP contribution in [0.2, 0.25) is 0 Å². The van der Waals surface area contributed by atoms with Gasteiger partial charge >= 0.3 is 5.97 Å². The van der Waals surface area contributed by atoms with E-state index in [0.717, 1.165) is 43.4 Å². The van der Waals surface area contributed by atoms with E-state index in [1.807, 2.05) is 12.3 Å². The minimum atomic E-state index is -1.04. The highest BCUT2D eigenvalue weighted by molar-refractivity contribution is 5.84. The minimum Gasteiger partial charge on any atom is -0.476 e. The van der Waals surface area contributed by atoms with Crippen molar-refractivity contribution in [2.75, 3.05) is 13.1 Å². The molecule has 3 aromatic rings. The molecular formula is C18H19N5O2. The third-order valence-corrected chi connectivity index (χ3v) is 4.69. The Hall–Kier alpha value is -2.80. The van der Waals surface area contributed by atoms with Crippen molar-refractivity contribution in [2.45, 2.75) is 25.4 Å². The maximum atomic E-state index is 11.0. The number of carboxylic acids is 1. The largest absolute Gasteiger partial charge is 0.476 e. The minimum absolute atomic E-state index is 0.00428. The van der Waals surface area contributed by atoms with E-state index in [9.17, 15) is 4.79 Å². The Morgan fingerprint density at radius 2 is 2.16 bits per heavy atom. The van der Waals surface area contributed by atoms with E-state index in [1.54, 1.807) is 4.68 Å². The molecule has 25 heavy (non-hydrogen) atoms. The molecule has 1 aromatic carbocycles. The number of pyridine rings is 1. The number of likely N-dealkylation sites (tertiary alicyclic amines) is 1. The molecule has 0 saturated carbocycles. The van der Waals surface area contributed by atoms with Gasteiger partial charge in [-0.2, -0.15) is 0 Å². The van der Waals surface area contributed by atoms with Crippen molar-refractivity contribution < 1.29 is 9.90 Å². The lowest BCUT2D eigenvalue weighted by Crippen LogP contribution is -2.36. The van der Waals surface area contributed by atoms with Crippen LogP contribution in [0.25, 0.3) is 10.9 Å². The van der Waals surface area contributed by atoms with Crippen LogP contribution in [0, 0.1) is 0 Å². The van der Waals surface area contributed by atoms with Gasteiger partial charge in [-0.15, -0.1) is 5.10 Å². The van der Waals surface area contributed by atoms with Gasteiger partial charge in [0.2, 0.25) is 0 Å². The Balaban J connectivity index is 1.52. The van der Waals surface area contributed by atoms with Gasteiger partial charge in [0, 0.05) is 24.7 Å². The Morgan fingerprint density at radius 1 is 1.28 bits per heavy atom. The molecule has 1 fully saturated rings. The van der Waals surface area contributed by atoms with Crippen LogP contribution < -0.4 is 0 Å². The second-order valence-electron chi connectivity index (χ2n) is 6.41. The molecule has 0 spiro atoms. The zero-order valence-electron chi connectivity index (χ0n) is 13.7. The number of aromatic nitrogens is 4. The lowest BCUT2D eigenvalue weighted by Gasteiger charge is -2.32. The molecule has 3 heterocycles. The standard InChI is InChI=1S/C18H19N5O2/c24-18(25)16-12-23(21-20-16)15-7-3-9-22(11-15)10-14-5-1-4-13-6-2-8-19-17(13)14/h1-2,4-6,8,12,15H,3,7,9-11H2,(H,24,25). The van der Waals surface area contributed by atoms with Gasteiger partial charge in [0.15, 0.2) is 5.69 Å². The van der Waals surface area contributed by atoms with Gasteiger partial charge in [0.1, 0.15) is 0 Å². The Labute approximate surface area is 144 Å². The summed E-state index contributed by atoms with van der Waals surface area (Å²) >= 11 is 0. The quantitative estimate of drug-likeness (QED) is 0.787. The number of piperidine rings is 1. The molecule has 1 aliphatic rings. The van der Waals surface area contributed by atoms with E-state index in [-0.39, 0.29) is 11.7 Å². The first-order chi connectivity index (χ1) is 12.2. The molecule has 0 radical (unpaired) electrons. The molecule has 7 nitrogen and oxygen atoms in total. The number of hydrogen-bond acceptors (Lipinski definition) is 5. The van der Waals surface area contributed by atoms with Gasteiger partial charge in [0.05, 0.1) is 17.8 Å². The number of nitrogens with zero attached hydrogens (tertiary/aromatic N) is 5. The lowest BCUT2D eigenvalue weighted by molar-refractivity contribution is 0.0690. The van der Waals surface area contributed by atoms with Gasteiger partial charge in [0.25, 0.3) is 0 Å². The topological polar surface area (TPSA) is 84.1 Å². The van der Waals surface area contributed by atoms with Gasteiger partial charge in [-0.05, 0) is 31.0 Å². The van der Waals surface area contributed by atoms with E-state index in [4.69, 9.17) is 5.11 Å². The molecule has 0 aliphatic carbocycles. The Morgan fingerprint density at radius 3 is 3.00 bits per heavy atom. The Kier molecular flexibility index (Phi) is 4.15. The first kappa shape index (κ1) is 15.7. The maximum Gasteiger partial charge on any atom is 0.358 e. The number of rotatable bonds is 4. The first-order valence-electron chi connectivity index (χ1n) is 8.41. The third kappa shape index (κ3) is 3.23. The van der Waals surface area contributed by atoms with E-state index in [0.29, 0.717) is 0 Å². The fourth-order valence-corrected chi connectivity index (χ4v) is 3.48. The van der Waals surface area contributed by atoms with Crippen molar-refractivity contribution >= 4 is 16.9 Å². The predicted octanol–water partition coefficient (Wildman–Crippen LogP) is 2.36. The van der Waals surface area contributed by atoms with Crippen LogP contribution in [-0.2, 0) is 6.54 Å². The Bertz CT molecular complexity index is 902. The number of fused-ring (bicyclic) bond motifs is 1. The van der Waals surface area contributed by atoms with Gasteiger partial charge in [-0.1, -0.05) is 29.5 Å². The van der Waals surface area contributed by atoms with Crippen LogP contribution in [0.15, 0.2) is 42.7 Å². The summed E-state index contributed by atoms with van der Waals surface area (Å²) in [6.07, 6.45) is 5.38. The van der Waals surface area contributed by atoms with Crippen molar-refractivity contribution in [3.05, 3.63) is 54.0 Å². The summed E-state index contributed by atoms with van der Waals surface area (Å²) in [4.78, 5) is 17.9. The van der Waals surface area contributed by atoms with Crippen molar-refractivity contribution in [3.63, 3.8) is 0 Å². The first-order valence-corrected chi connectivity index (χ1v) is 8.41. The van der Waals surface area contributed by atoms with Crippen LogP contribution in [0.1, 0.15) is 34.9 Å². The van der Waals surface area contributed by atoms with E-state index in [2.05, 4.69) is 44.5 Å². The third-order valence-electron chi connectivity index (χ3n) is 4.69. The summed E-state index contributed by atoms with van der Waals surface area (Å²) in [5.74, 6) is -1.04. The van der Waals surface area contributed by atoms with Crippen molar-refractivity contribution in [3.8, 4) is 0 Å². The number of carboxylic acid groups (broad SMARTS) is 1. The fourth-order valence-electron chi connectivity index (χ4n) is 3.48. The summed E-state index contributed by atoms with van der Waals surface area (Å²) in [6, 6.07) is 10.4. The summed E-state index contributed by atoms with van der Waals surface area (Å²) in [7, 11) is 0. The van der Waals surface area contributed by atoms with E-state index in [1.165, 1.54) is 11.8 Å². The molecule has 2 aromatic heterocycles.